The van der Waals surface area contributed by atoms with Crippen molar-refractivity contribution in [2.45, 2.75) is 33.2 Å². The molecule has 0 bridgehead atoms. The molecule has 1 heterocycles. The molecule has 0 saturated heterocycles. The molecule has 0 saturated carbocycles. The van der Waals surface area contributed by atoms with Crippen LogP contribution in [-0.2, 0) is 6.42 Å². The first-order valence-corrected chi connectivity index (χ1v) is 6.43. The molecule has 0 aliphatic heterocycles. The summed E-state index contributed by atoms with van der Waals surface area (Å²) in [6.07, 6.45) is 1.01. The van der Waals surface area contributed by atoms with Crippen molar-refractivity contribution in [3.63, 3.8) is 0 Å². The number of aromatic nitrogens is 1. The third-order valence-corrected chi connectivity index (χ3v) is 3.10. The predicted molar refractivity (Wildman–Crippen MR) is 72.9 cm³/mol. The summed E-state index contributed by atoms with van der Waals surface area (Å²) in [6, 6.07) is 9.81. The lowest BCUT2D eigenvalue weighted by molar-refractivity contribution is 0.0930. The number of carbonyl (C=O) groups excluding carboxylic acids is 1. The van der Waals surface area contributed by atoms with Crippen molar-refractivity contribution in [1.29, 1.82) is 0 Å². The van der Waals surface area contributed by atoms with Crippen LogP contribution in [0.1, 0.15) is 47.3 Å². The molecule has 0 unspecified atom stereocenters. The van der Waals surface area contributed by atoms with Gasteiger partial charge in [-0.2, -0.15) is 0 Å². The SMILES string of the molecule is CCc1ccc([C@@H](C)NC(=O)c2cc(C)on2)cc1. The second kappa shape index (κ2) is 5.69. The number of amides is 1. The molecule has 1 atom stereocenters. The van der Waals surface area contributed by atoms with Crippen molar-refractivity contribution < 1.29 is 9.32 Å². The lowest BCUT2D eigenvalue weighted by Crippen LogP contribution is -2.26. The highest BCUT2D eigenvalue weighted by Gasteiger charge is 2.14. The van der Waals surface area contributed by atoms with Gasteiger partial charge in [0.25, 0.3) is 5.91 Å². The van der Waals surface area contributed by atoms with Gasteiger partial charge in [-0.1, -0.05) is 36.3 Å². The summed E-state index contributed by atoms with van der Waals surface area (Å²) in [5.41, 5.74) is 2.68. The maximum atomic E-state index is 11.9. The largest absolute Gasteiger partial charge is 0.361 e. The van der Waals surface area contributed by atoms with Gasteiger partial charge in [-0.3, -0.25) is 4.79 Å². The van der Waals surface area contributed by atoms with Gasteiger partial charge in [0.15, 0.2) is 5.69 Å². The van der Waals surface area contributed by atoms with Crippen LogP contribution in [-0.4, -0.2) is 11.1 Å². The third-order valence-electron chi connectivity index (χ3n) is 3.10. The molecular formula is C15H18N2O2. The molecule has 4 nitrogen and oxygen atoms in total. The van der Waals surface area contributed by atoms with Crippen LogP contribution in [0, 0.1) is 6.92 Å². The molecule has 1 aromatic heterocycles. The number of rotatable bonds is 4. The topological polar surface area (TPSA) is 55.1 Å². The lowest BCUT2D eigenvalue weighted by atomic mass is 10.0. The Kier molecular flexibility index (Phi) is 4.00. The van der Waals surface area contributed by atoms with E-state index in [1.165, 1.54) is 5.56 Å². The minimum Gasteiger partial charge on any atom is -0.361 e. The fourth-order valence-electron chi connectivity index (χ4n) is 1.87. The zero-order chi connectivity index (χ0) is 13.8. The molecule has 19 heavy (non-hydrogen) atoms. The second-order valence-corrected chi connectivity index (χ2v) is 4.61. The molecule has 100 valence electrons. The van der Waals surface area contributed by atoms with Crippen molar-refractivity contribution in [1.82, 2.24) is 10.5 Å². The Labute approximate surface area is 112 Å². The Balaban J connectivity index is 2.03. The summed E-state index contributed by atoms with van der Waals surface area (Å²) in [4.78, 5) is 11.9. The minimum absolute atomic E-state index is 0.0598. The number of nitrogens with zero attached hydrogens (tertiary/aromatic N) is 1. The molecule has 1 N–H and O–H groups in total. The highest BCUT2D eigenvalue weighted by Crippen LogP contribution is 2.14. The Bertz CT molecular complexity index is 558. The molecule has 2 rings (SSSR count). The van der Waals surface area contributed by atoms with Crippen LogP contribution in [0.25, 0.3) is 0 Å². The molecule has 1 amide bonds. The van der Waals surface area contributed by atoms with Gasteiger partial charge in [-0.25, -0.2) is 0 Å². The van der Waals surface area contributed by atoms with Crippen molar-refractivity contribution in [3.8, 4) is 0 Å². The van der Waals surface area contributed by atoms with Crippen molar-refractivity contribution >= 4 is 5.91 Å². The smallest absolute Gasteiger partial charge is 0.273 e. The molecule has 4 heteroatoms. The van der Waals surface area contributed by atoms with E-state index in [1.807, 2.05) is 19.1 Å². The van der Waals surface area contributed by atoms with E-state index in [0.717, 1.165) is 12.0 Å². The maximum absolute atomic E-state index is 11.9. The Morgan fingerprint density at radius 3 is 2.58 bits per heavy atom. The van der Waals surface area contributed by atoms with Gasteiger partial charge < -0.3 is 9.84 Å². The number of nitrogens with one attached hydrogen (secondary N) is 1. The zero-order valence-corrected chi connectivity index (χ0v) is 11.4. The number of hydrogen-bond donors (Lipinski definition) is 1. The number of aryl methyl sites for hydroxylation is 2. The minimum atomic E-state index is -0.219. The Morgan fingerprint density at radius 1 is 1.37 bits per heavy atom. The van der Waals surface area contributed by atoms with E-state index >= 15 is 0 Å². The first-order chi connectivity index (χ1) is 9.10. The average molecular weight is 258 g/mol. The molecule has 0 spiro atoms. The molecule has 1 aromatic carbocycles. The Morgan fingerprint density at radius 2 is 2.05 bits per heavy atom. The van der Waals surface area contributed by atoms with Gasteiger partial charge in [-0.15, -0.1) is 0 Å². The summed E-state index contributed by atoms with van der Waals surface area (Å²) in [6.45, 7) is 5.83. The van der Waals surface area contributed by atoms with E-state index < -0.39 is 0 Å². The summed E-state index contributed by atoms with van der Waals surface area (Å²) >= 11 is 0. The van der Waals surface area contributed by atoms with Gasteiger partial charge in [0.05, 0.1) is 6.04 Å². The van der Waals surface area contributed by atoms with Gasteiger partial charge >= 0.3 is 0 Å². The second-order valence-electron chi connectivity index (χ2n) is 4.61. The van der Waals surface area contributed by atoms with Crippen LogP contribution in [0.3, 0.4) is 0 Å². The monoisotopic (exact) mass is 258 g/mol. The standard InChI is InChI=1S/C15H18N2O2/c1-4-12-5-7-13(8-6-12)11(3)16-15(18)14-9-10(2)19-17-14/h5-9,11H,4H2,1-3H3,(H,16,18)/t11-/m1/s1. The average Bonchev–Trinajstić information content (AvgIpc) is 2.85. The number of hydrogen-bond acceptors (Lipinski definition) is 3. The quantitative estimate of drug-likeness (QED) is 0.917. The van der Waals surface area contributed by atoms with Gasteiger partial charge in [-0.05, 0) is 31.4 Å². The summed E-state index contributed by atoms with van der Waals surface area (Å²) in [5, 5.41) is 6.60. The molecule has 0 fully saturated rings. The van der Waals surface area contributed by atoms with Crippen LogP contribution in [0.2, 0.25) is 0 Å². The zero-order valence-electron chi connectivity index (χ0n) is 11.4. The van der Waals surface area contributed by atoms with Gasteiger partial charge in [0.1, 0.15) is 5.76 Å². The molecule has 0 radical (unpaired) electrons. The van der Waals surface area contributed by atoms with Gasteiger partial charge in [0, 0.05) is 6.07 Å². The van der Waals surface area contributed by atoms with Crippen LogP contribution < -0.4 is 5.32 Å². The van der Waals surface area contributed by atoms with E-state index in [4.69, 9.17) is 4.52 Å². The van der Waals surface area contributed by atoms with Crippen LogP contribution in [0.15, 0.2) is 34.9 Å². The molecular weight excluding hydrogens is 240 g/mol. The highest BCUT2D eigenvalue weighted by atomic mass is 16.5. The molecule has 2 aromatic rings. The summed E-state index contributed by atoms with van der Waals surface area (Å²) < 4.78 is 4.89. The molecule has 0 aliphatic rings. The highest BCUT2D eigenvalue weighted by molar-refractivity contribution is 5.92. The normalized spacial score (nSPS) is 12.2. The van der Waals surface area contributed by atoms with Crippen LogP contribution in [0.4, 0.5) is 0 Å². The third kappa shape index (κ3) is 3.22. The van der Waals surface area contributed by atoms with E-state index in [-0.39, 0.29) is 11.9 Å². The van der Waals surface area contributed by atoms with E-state index in [9.17, 15) is 4.79 Å². The summed E-state index contributed by atoms with van der Waals surface area (Å²) in [7, 11) is 0. The molecule has 0 aliphatic carbocycles. The van der Waals surface area contributed by atoms with Crippen molar-refractivity contribution in [3.05, 3.63) is 52.9 Å². The lowest BCUT2D eigenvalue weighted by Gasteiger charge is -2.13. The van der Waals surface area contributed by atoms with E-state index in [0.29, 0.717) is 11.5 Å². The first-order valence-electron chi connectivity index (χ1n) is 6.43. The first kappa shape index (κ1) is 13.3. The van der Waals surface area contributed by atoms with Gasteiger partial charge in [0.2, 0.25) is 0 Å². The fourth-order valence-corrected chi connectivity index (χ4v) is 1.87. The van der Waals surface area contributed by atoms with Crippen molar-refractivity contribution in [2.24, 2.45) is 0 Å². The van der Waals surface area contributed by atoms with Crippen molar-refractivity contribution in [2.75, 3.05) is 0 Å². The summed E-state index contributed by atoms with van der Waals surface area (Å²) in [5.74, 6) is 0.411. The number of benzene rings is 1. The predicted octanol–water partition coefficient (Wildman–Crippen LogP) is 3.04. The Hall–Kier alpha value is -2.10. The number of carbonyl (C=O) groups is 1. The maximum Gasteiger partial charge on any atom is 0.273 e. The van der Waals surface area contributed by atoms with E-state index in [2.05, 4.69) is 29.5 Å². The van der Waals surface area contributed by atoms with Crippen LogP contribution >= 0.6 is 0 Å². The van der Waals surface area contributed by atoms with Crippen LogP contribution in [0.5, 0.6) is 0 Å². The van der Waals surface area contributed by atoms with E-state index in [1.54, 1.807) is 13.0 Å². The fraction of sp³-hybridized carbons (Fsp3) is 0.333.